The van der Waals surface area contributed by atoms with Crippen LogP contribution in [0.25, 0.3) is 0 Å². The zero-order chi connectivity index (χ0) is 22.1. The number of hydrogen-bond donors (Lipinski definition) is 2. The van der Waals surface area contributed by atoms with E-state index in [0.717, 1.165) is 5.56 Å². The van der Waals surface area contributed by atoms with Crippen molar-refractivity contribution in [2.24, 2.45) is 5.73 Å². The lowest BCUT2D eigenvalue weighted by Gasteiger charge is -2.25. The van der Waals surface area contributed by atoms with Gasteiger partial charge in [0.25, 0.3) is 5.91 Å². The number of carbonyl (C=O) groups is 2. The van der Waals surface area contributed by atoms with E-state index in [1.165, 1.54) is 33.5 Å². The fraction of sp³-hybridized carbons (Fsp3) is 0.286. The molecular formula is C21H25N3O5S. The van der Waals surface area contributed by atoms with Crippen molar-refractivity contribution in [3.63, 3.8) is 0 Å². The largest absolute Gasteiger partial charge is 0.493 e. The van der Waals surface area contributed by atoms with Crippen LogP contribution in [0.1, 0.15) is 22.3 Å². The topological polar surface area (TPSA) is 103 Å². The van der Waals surface area contributed by atoms with Gasteiger partial charge in [0.1, 0.15) is 0 Å². The van der Waals surface area contributed by atoms with Gasteiger partial charge >= 0.3 is 0 Å². The van der Waals surface area contributed by atoms with Crippen LogP contribution < -0.4 is 25.3 Å². The first-order chi connectivity index (χ1) is 14.4. The molecule has 8 nitrogen and oxygen atoms in total. The van der Waals surface area contributed by atoms with E-state index in [0.29, 0.717) is 23.8 Å². The molecule has 2 rings (SSSR count). The van der Waals surface area contributed by atoms with Crippen molar-refractivity contribution >= 4 is 29.1 Å². The average molecular weight is 432 g/mol. The lowest BCUT2D eigenvalue weighted by molar-refractivity contribution is -0.118. The predicted molar refractivity (Wildman–Crippen MR) is 117 cm³/mol. The van der Waals surface area contributed by atoms with E-state index in [-0.39, 0.29) is 23.6 Å². The summed E-state index contributed by atoms with van der Waals surface area (Å²) in [6, 6.07) is 12.6. The summed E-state index contributed by atoms with van der Waals surface area (Å²) in [7, 11) is 4.42. The van der Waals surface area contributed by atoms with E-state index in [1.54, 1.807) is 4.90 Å². The molecule has 3 N–H and O–H groups in total. The Hall–Kier alpha value is -3.33. The minimum absolute atomic E-state index is 0.104. The Kier molecular flexibility index (Phi) is 8.42. The van der Waals surface area contributed by atoms with Crippen LogP contribution in [0.2, 0.25) is 0 Å². The van der Waals surface area contributed by atoms with Crippen molar-refractivity contribution in [3.8, 4) is 17.2 Å². The predicted octanol–water partition coefficient (Wildman–Crippen LogP) is 2.10. The lowest BCUT2D eigenvalue weighted by Crippen LogP contribution is -2.43. The molecule has 0 unspecified atom stereocenters. The van der Waals surface area contributed by atoms with Crippen molar-refractivity contribution < 1.29 is 23.8 Å². The summed E-state index contributed by atoms with van der Waals surface area (Å²) in [6.45, 7) is 0.696. The molecule has 30 heavy (non-hydrogen) atoms. The molecule has 0 aromatic heterocycles. The Labute approximate surface area is 180 Å². The van der Waals surface area contributed by atoms with E-state index in [9.17, 15) is 9.59 Å². The third-order valence-electron chi connectivity index (χ3n) is 4.28. The van der Waals surface area contributed by atoms with E-state index >= 15 is 0 Å². The number of nitrogens with two attached hydrogens (primary N) is 1. The molecule has 160 valence electrons. The highest BCUT2D eigenvalue weighted by molar-refractivity contribution is 7.80. The van der Waals surface area contributed by atoms with E-state index < -0.39 is 11.8 Å². The number of benzene rings is 2. The number of ether oxygens (including phenoxy) is 3. The van der Waals surface area contributed by atoms with Gasteiger partial charge in [0.15, 0.2) is 16.6 Å². The van der Waals surface area contributed by atoms with Crippen LogP contribution in [-0.4, -0.2) is 49.7 Å². The Morgan fingerprint density at radius 2 is 1.63 bits per heavy atom. The van der Waals surface area contributed by atoms with Gasteiger partial charge in [-0.25, -0.2) is 0 Å². The minimum atomic E-state index is -0.452. The monoisotopic (exact) mass is 431 g/mol. The molecule has 0 fully saturated rings. The fourth-order valence-corrected chi connectivity index (χ4v) is 3.01. The normalized spacial score (nSPS) is 10.1. The molecule has 2 aromatic rings. The first kappa shape index (κ1) is 23.0. The minimum Gasteiger partial charge on any atom is -0.493 e. The highest BCUT2D eigenvalue weighted by Gasteiger charge is 2.20. The second-order valence-electron chi connectivity index (χ2n) is 6.30. The number of primary amides is 1. The third-order valence-corrected chi connectivity index (χ3v) is 4.64. The first-order valence-electron chi connectivity index (χ1n) is 9.12. The van der Waals surface area contributed by atoms with Crippen LogP contribution in [0, 0.1) is 0 Å². The molecule has 0 radical (unpaired) electrons. The highest BCUT2D eigenvalue weighted by Crippen LogP contribution is 2.38. The molecule has 2 aromatic carbocycles. The van der Waals surface area contributed by atoms with E-state index in [4.69, 9.17) is 32.2 Å². The standard InChI is InChI=1S/C21H25N3O5S/c1-27-16-11-15(12-17(28-2)19(16)29-3)20(26)23-21(30)24(10-9-18(22)25)13-14-7-5-4-6-8-14/h4-8,11-12H,9-10,13H2,1-3H3,(H2,22,25)(H,23,26,30). The number of hydrogen-bond acceptors (Lipinski definition) is 6. The first-order valence-corrected chi connectivity index (χ1v) is 9.52. The average Bonchev–Trinajstić information content (AvgIpc) is 2.75. The molecule has 0 atom stereocenters. The zero-order valence-corrected chi connectivity index (χ0v) is 18.0. The molecular weight excluding hydrogens is 406 g/mol. The Balaban J connectivity index is 2.21. The van der Waals surface area contributed by atoms with Gasteiger partial charge in [0, 0.05) is 25.1 Å². The molecule has 0 spiro atoms. The summed E-state index contributed by atoms with van der Waals surface area (Å²) >= 11 is 5.43. The van der Waals surface area contributed by atoms with Gasteiger partial charge in [0.2, 0.25) is 11.7 Å². The number of rotatable bonds is 9. The highest BCUT2D eigenvalue weighted by atomic mass is 32.1. The van der Waals surface area contributed by atoms with Crippen LogP contribution in [0.15, 0.2) is 42.5 Å². The summed E-state index contributed by atoms with van der Waals surface area (Å²) in [4.78, 5) is 25.8. The number of amides is 2. The van der Waals surface area contributed by atoms with Gasteiger partial charge in [-0.05, 0) is 29.9 Å². The molecule has 0 saturated heterocycles. The Bertz CT molecular complexity index is 880. The van der Waals surface area contributed by atoms with E-state index in [1.807, 2.05) is 30.3 Å². The van der Waals surface area contributed by atoms with Gasteiger partial charge in [0.05, 0.1) is 21.3 Å². The summed E-state index contributed by atoms with van der Waals surface area (Å²) in [5.74, 6) is 0.181. The molecule has 0 saturated carbocycles. The fourth-order valence-electron chi connectivity index (χ4n) is 2.76. The van der Waals surface area contributed by atoms with Crippen molar-refractivity contribution in [1.82, 2.24) is 10.2 Å². The molecule has 0 bridgehead atoms. The van der Waals surface area contributed by atoms with Crippen LogP contribution in [-0.2, 0) is 11.3 Å². The Morgan fingerprint density at radius 1 is 1.03 bits per heavy atom. The van der Waals surface area contributed by atoms with Gasteiger partial charge < -0.3 is 24.8 Å². The number of nitrogens with zero attached hydrogens (tertiary/aromatic N) is 1. The number of carbonyl (C=O) groups excluding carboxylic acids is 2. The summed E-state index contributed by atoms with van der Waals surface area (Å²) in [5.41, 5.74) is 6.54. The van der Waals surface area contributed by atoms with Crippen molar-refractivity contribution in [3.05, 3.63) is 53.6 Å². The maximum Gasteiger partial charge on any atom is 0.257 e. The second kappa shape index (κ2) is 11.0. The second-order valence-corrected chi connectivity index (χ2v) is 6.68. The van der Waals surface area contributed by atoms with Gasteiger partial charge in [-0.1, -0.05) is 30.3 Å². The van der Waals surface area contributed by atoms with Crippen LogP contribution >= 0.6 is 12.2 Å². The van der Waals surface area contributed by atoms with Gasteiger partial charge in [-0.3, -0.25) is 14.9 Å². The maximum absolute atomic E-state index is 12.8. The molecule has 0 aliphatic heterocycles. The number of thiocarbonyl (C=S) groups is 1. The third kappa shape index (κ3) is 6.08. The molecule has 9 heteroatoms. The zero-order valence-electron chi connectivity index (χ0n) is 17.1. The molecule has 2 amide bonds. The molecule has 0 heterocycles. The van der Waals surface area contributed by atoms with Gasteiger partial charge in [-0.2, -0.15) is 0 Å². The van der Waals surface area contributed by atoms with E-state index in [2.05, 4.69) is 5.32 Å². The van der Waals surface area contributed by atoms with Gasteiger partial charge in [-0.15, -0.1) is 0 Å². The van der Waals surface area contributed by atoms with Crippen molar-refractivity contribution in [2.45, 2.75) is 13.0 Å². The van der Waals surface area contributed by atoms with Crippen molar-refractivity contribution in [2.75, 3.05) is 27.9 Å². The van der Waals surface area contributed by atoms with Crippen LogP contribution in [0.4, 0.5) is 0 Å². The summed E-state index contributed by atoms with van der Waals surface area (Å²) in [5, 5.41) is 2.87. The smallest absolute Gasteiger partial charge is 0.257 e. The van der Waals surface area contributed by atoms with Crippen molar-refractivity contribution in [1.29, 1.82) is 0 Å². The SMILES string of the molecule is COc1cc(C(=O)NC(=S)N(CCC(N)=O)Cc2ccccc2)cc(OC)c1OC. The maximum atomic E-state index is 12.8. The van der Waals surface area contributed by atoms with Crippen LogP contribution in [0.5, 0.6) is 17.2 Å². The number of methoxy groups -OCH3 is 3. The molecule has 0 aliphatic rings. The number of nitrogens with one attached hydrogen (secondary N) is 1. The Morgan fingerprint density at radius 3 is 2.13 bits per heavy atom. The quantitative estimate of drug-likeness (QED) is 0.586. The van der Waals surface area contributed by atoms with Crippen LogP contribution in [0.3, 0.4) is 0 Å². The summed E-state index contributed by atoms with van der Waals surface area (Å²) in [6.07, 6.45) is 0.104. The molecule has 0 aliphatic carbocycles. The summed E-state index contributed by atoms with van der Waals surface area (Å²) < 4.78 is 15.8. The lowest BCUT2D eigenvalue weighted by atomic mass is 10.1.